The first kappa shape index (κ1) is 19.9. The van der Waals surface area contributed by atoms with Crippen LogP contribution in [0.1, 0.15) is 33.3 Å². The van der Waals surface area contributed by atoms with Gasteiger partial charge in [-0.2, -0.15) is 0 Å². The summed E-state index contributed by atoms with van der Waals surface area (Å²) < 4.78 is 10.7. The maximum absolute atomic E-state index is 11.8. The van der Waals surface area contributed by atoms with Gasteiger partial charge in [-0.15, -0.1) is 0 Å². The number of nitrogens with one attached hydrogen (secondary N) is 3. The third-order valence-corrected chi connectivity index (χ3v) is 3.84. The predicted octanol–water partition coefficient (Wildman–Crippen LogP) is 1.68. The molecule has 0 fully saturated rings. The molecule has 0 spiro atoms. The molecule has 1 aliphatic heterocycles. The minimum absolute atomic E-state index is 0.0454. The molecule has 1 amide bonds. The Kier molecular flexibility index (Phi) is 7.12. The molecule has 0 bridgehead atoms. The number of benzene rings is 1. The van der Waals surface area contributed by atoms with Crippen LogP contribution in [0.4, 0.5) is 0 Å². The molecule has 7 heteroatoms. The van der Waals surface area contributed by atoms with Crippen LogP contribution in [0.2, 0.25) is 0 Å². The number of hydrogen-bond acceptors (Lipinski definition) is 4. The van der Waals surface area contributed by atoms with Crippen LogP contribution in [0.3, 0.4) is 0 Å². The molecule has 26 heavy (non-hydrogen) atoms. The number of amides is 1. The Morgan fingerprint density at radius 2 is 1.85 bits per heavy atom. The van der Waals surface area contributed by atoms with E-state index in [9.17, 15) is 4.79 Å². The number of fused-ring (bicyclic) bond motifs is 1. The summed E-state index contributed by atoms with van der Waals surface area (Å²) in [4.78, 5) is 16.4. The largest absolute Gasteiger partial charge is 0.454 e. The molecule has 1 aromatic carbocycles. The monoisotopic (exact) mass is 362 g/mol. The second-order valence-electron chi connectivity index (χ2n) is 7.13. The minimum atomic E-state index is -0.372. The second kappa shape index (κ2) is 9.31. The van der Waals surface area contributed by atoms with Crippen molar-refractivity contribution in [1.29, 1.82) is 0 Å². The van der Waals surface area contributed by atoms with Crippen LogP contribution in [-0.4, -0.2) is 44.8 Å². The van der Waals surface area contributed by atoms with Crippen molar-refractivity contribution in [2.75, 3.05) is 33.0 Å². The van der Waals surface area contributed by atoms with E-state index in [2.05, 4.69) is 20.9 Å². The van der Waals surface area contributed by atoms with E-state index in [0.717, 1.165) is 36.0 Å². The van der Waals surface area contributed by atoms with E-state index in [1.54, 1.807) is 0 Å². The van der Waals surface area contributed by atoms with Gasteiger partial charge < -0.3 is 25.4 Å². The number of rotatable bonds is 7. The fourth-order valence-electron chi connectivity index (χ4n) is 2.36. The quantitative estimate of drug-likeness (QED) is 0.390. The fraction of sp³-hybridized carbons (Fsp3) is 0.579. The van der Waals surface area contributed by atoms with E-state index < -0.39 is 0 Å². The minimum Gasteiger partial charge on any atom is -0.454 e. The molecule has 0 unspecified atom stereocenters. The summed E-state index contributed by atoms with van der Waals surface area (Å²) in [6.07, 6.45) is 0.813. The molecule has 0 aliphatic carbocycles. The van der Waals surface area contributed by atoms with Gasteiger partial charge in [0.1, 0.15) is 0 Å². The summed E-state index contributed by atoms with van der Waals surface area (Å²) in [5.41, 5.74) is 0.787. The van der Waals surface area contributed by atoms with Crippen molar-refractivity contribution in [3.05, 3.63) is 23.8 Å². The van der Waals surface area contributed by atoms with E-state index in [4.69, 9.17) is 9.47 Å². The van der Waals surface area contributed by atoms with E-state index in [1.807, 2.05) is 45.9 Å². The van der Waals surface area contributed by atoms with Crippen LogP contribution in [0, 0.1) is 5.41 Å². The molecule has 0 aromatic heterocycles. The van der Waals surface area contributed by atoms with E-state index in [-0.39, 0.29) is 18.1 Å². The van der Waals surface area contributed by atoms with E-state index >= 15 is 0 Å². The van der Waals surface area contributed by atoms with Gasteiger partial charge in [0.25, 0.3) is 0 Å². The number of carbonyl (C=O) groups is 1. The number of aliphatic imine (C=N–C) groups is 1. The van der Waals surface area contributed by atoms with Crippen LogP contribution in [0.5, 0.6) is 11.5 Å². The highest BCUT2D eigenvalue weighted by Gasteiger charge is 2.20. The Bertz CT molecular complexity index is 638. The lowest BCUT2D eigenvalue weighted by Gasteiger charge is -2.18. The predicted molar refractivity (Wildman–Crippen MR) is 103 cm³/mol. The first-order valence-electron chi connectivity index (χ1n) is 9.09. The van der Waals surface area contributed by atoms with Crippen molar-refractivity contribution in [3.8, 4) is 11.5 Å². The van der Waals surface area contributed by atoms with Crippen molar-refractivity contribution in [2.24, 2.45) is 10.4 Å². The molecule has 1 aliphatic rings. The third-order valence-electron chi connectivity index (χ3n) is 3.84. The Labute approximate surface area is 155 Å². The molecule has 0 saturated heterocycles. The molecule has 7 nitrogen and oxygen atoms in total. The highest BCUT2D eigenvalue weighted by molar-refractivity contribution is 5.81. The standard InChI is InChI=1S/C19H30N4O3/c1-5-20-18(23-11-10-21-17(24)19(2,3)4)22-9-8-14-6-7-15-16(12-14)26-13-25-15/h6-7,12H,5,8-11,13H2,1-4H3,(H,21,24)(H2,20,22,23). The molecular weight excluding hydrogens is 332 g/mol. The maximum Gasteiger partial charge on any atom is 0.231 e. The second-order valence-corrected chi connectivity index (χ2v) is 7.13. The number of hydrogen-bond donors (Lipinski definition) is 3. The van der Waals surface area contributed by atoms with Crippen LogP contribution >= 0.6 is 0 Å². The van der Waals surface area contributed by atoms with Gasteiger partial charge in [-0.1, -0.05) is 26.8 Å². The zero-order valence-corrected chi connectivity index (χ0v) is 16.1. The summed E-state index contributed by atoms with van der Waals surface area (Å²) in [5.74, 6) is 2.39. The van der Waals surface area contributed by atoms with Gasteiger partial charge in [-0.05, 0) is 31.0 Å². The third kappa shape index (κ3) is 6.13. The first-order valence-corrected chi connectivity index (χ1v) is 9.09. The molecule has 3 N–H and O–H groups in total. The lowest BCUT2D eigenvalue weighted by molar-refractivity contribution is -0.128. The zero-order valence-electron chi connectivity index (χ0n) is 16.1. The van der Waals surface area contributed by atoms with Gasteiger partial charge in [0.2, 0.25) is 12.7 Å². The molecular formula is C19H30N4O3. The Morgan fingerprint density at radius 1 is 1.12 bits per heavy atom. The molecule has 0 atom stereocenters. The molecule has 0 radical (unpaired) electrons. The molecule has 0 saturated carbocycles. The number of nitrogens with zero attached hydrogens (tertiary/aromatic N) is 1. The Balaban J connectivity index is 1.76. The molecule has 144 valence electrons. The van der Waals surface area contributed by atoms with Gasteiger partial charge >= 0.3 is 0 Å². The summed E-state index contributed by atoms with van der Waals surface area (Å²) in [6.45, 7) is 10.6. The number of ether oxygens (including phenoxy) is 2. The lowest BCUT2D eigenvalue weighted by Crippen LogP contribution is -2.43. The van der Waals surface area contributed by atoms with E-state index in [1.165, 1.54) is 0 Å². The van der Waals surface area contributed by atoms with Gasteiger partial charge in [0.15, 0.2) is 17.5 Å². The van der Waals surface area contributed by atoms with Gasteiger partial charge in [0, 0.05) is 31.6 Å². The molecule has 2 rings (SSSR count). The number of carbonyl (C=O) groups excluding carboxylic acids is 1. The topological polar surface area (TPSA) is 84.0 Å². The first-order chi connectivity index (χ1) is 12.4. The van der Waals surface area contributed by atoms with Crippen LogP contribution in [-0.2, 0) is 11.2 Å². The molecule has 1 aromatic rings. The van der Waals surface area contributed by atoms with Crippen molar-refractivity contribution >= 4 is 11.9 Å². The number of guanidine groups is 1. The SMILES string of the molecule is CCNC(=NCCc1ccc2c(c1)OCO2)NCCNC(=O)C(C)(C)C. The fourth-order valence-corrected chi connectivity index (χ4v) is 2.36. The highest BCUT2D eigenvalue weighted by atomic mass is 16.7. The average molecular weight is 362 g/mol. The van der Waals surface area contributed by atoms with Crippen molar-refractivity contribution in [3.63, 3.8) is 0 Å². The Hall–Kier alpha value is -2.44. The zero-order chi connectivity index (χ0) is 19.0. The van der Waals surface area contributed by atoms with Crippen LogP contribution in [0.25, 0.3) is 0 Å². The normalized spacial score (nSPS) is 13.5. The van der Waals surface area contributed by atoms with Gasteiger partial charge in [-0.25, -0.2) is 0 Å². The van der Waals surface area contributed by atoms with Crippen LogP contribution in [0.15, 0.2) is 23.2 Å². The van der Waals surface area contributed by atoms with Crippen LogP contribution < -0.4 is 25.4 Å². The highest BCUT2D eigenvalue weighted by Crippen LogP contribution is 2.32. The van der Waals surface area contributed by atoms with Crippen molar-refractivity contribution in [1.82, 2.24) is 16.0 Å². The van der Waals surface area contributed by atoms with Crippen molar-refractivity contribution in [2.45, 2.75) is 34.1 Å². The summed E-state index contributed by atoms with van der Waals surface area (Å²) in [6, 6.07) is 5.97. The summed E-state index contributed by atoms with van der Waals surface area (Å²) in [7, 11) is 0. The smallest absolute Gasteiger partial charge is 0.231 e. The van der Waals surface area contributed by atoms with Crippen molar-refractivity contribution < 1.29 is 14.3 Å². The Morgan fingerprint density at radius 3 is 2.58 bits per heavy atom. The average Bonchev–Trinajstić information content (AvgIpc) is 3.05. The van der Waals surface area contributed by atoms with Gasteiger partial charge in [0.05, 0.1) is 0 Å². The van der Waals surface area contributed by atoms with Gasteiger partial charge in [-0.3, -0.25) is 9.79 Å². The molecule has 1 heterocycles. The van der Waals surface area contributed by atoms with E-state index in [0.29, 0.717) is 19.6 Å². The lowest BCUT2D eigenvalue weighted by atomic mass is 9.96. The summed E-state index contributed by atoms with van der Waals surface area (Å²) in [5, 5.41) is 9.36. The summed E-state index contributed by atoms with van der Waals surface area (Å²) >= 11 is 0. The maximum atomic E-state index is 11.8.